The zero-order chi connectivity index (χ0) is 24.1. The van der Waals surface area contributed by atoms with Crippen molar-refractivity contribution in [3.8, 4) is 5.69 Å². The monoisotopic (exact) mass is 498 g/mol. The molecule has 0 unspecified atom stereocenters. The molecule has 10 heteroatoms. The number of anilines is 1. The van der Waals surface area contributed by atoms with Crippen LogP contribution in [0.2, 0.25) is 0 Å². The summed E-state index contributed by atoms with van der Waals surface area (Å²) in [5.74, 6) is -0.846. The van der Waals surface area contributed by atoms with Gasteiger partial charge in [0.1, 0.15) is 23.1 Å². The first-order valence-corrected chi connectivity index (χ1v) is 13.4. The third-order valence-corrected chi connectivity index (χ3v) is 7.37. The van der Waals surface area contributed by atoms with Crippen LogP contribution in [0.4, 0.5) is 10.1 Å². The Kier molecular flexibility index (Phi) is 7.30. The van der Waals surface area contributed by atoms with Gasteiger partial charge in [-0.3, -0.25) is 9.36 Å². The van der Waals surface area contributed by atoms with Crippen LogP contribution in [-0.4, -0.2) is 41.9 Å². The predicted molar refractivity (Wildman–Crippen MR) is 133 cm³/mol. The molecule has 1 atom stereocenters. The molecule has 1 amide bonds. The third kappa shape index (κ3) is 5.30. The summed E-state index contributed by atoms with van der Waals surface area (Å²) in [6.07, 6.45) is 3.84. The van der Waals surface area contributed by atoms with Gasteiger partial charge >= 0.3 is 0 Å². The number of hydrogen-bond acceptors (Lipinski definition) is 5. The van der Waals surface area contributed by atoms with Crippen LogP contribution in [0.1, 0.15) is 6.42 Å². The van der Waals surface area contributed by atoms with E-state index < -0.39 is 32.7 Å². The molecule has 0 saturated heterocycles. The van der Waals surface area contributed by atoms with Gasteiger partial charge in [0.15, 0.2) is 0 Å². The van der Waals surface area contributed by atoms with Crippen LogP contribution in [-0.2, 0) is 14.8 Å². The summed E-state index contributed by atoms with van der Waals surface area (Å²) >= 11 is 1.48. The number of para-hydroxylation sites is 2. The minimum atomic E-state index is -4.22. The second-order valence-electron chi connectivity index (χ2n) is 7.53. The topological polar surface area (TPSA) is 93.1 Å². The largest absolute Gasteiger partial charge is 0.325 e. The lowest BCUT2D eigenvalue weighted by atomic mass is 10.2. The Morgan fingerprint density at radius 3 is 2.50 bits per heavy atom. The van der Waals surface area contributed by atoms with Crippen molar-refractivity contribution < 1.29 is 17.6 Å². The van der Waals surface area contributed by atoms with Crippen molar-refractivity contribution in [3.05, 3.63) is 84.9 Å². The molecule has 176 valence electrons. The Hall–Kier alpha value is -3.21. The molecule has 0 aliphatic rings. The van der Waals surface area contributed by atoms with Gasteiger partial charge in [-0.2, -0.15) is 16.5 Å². The number of imidazole rings is 1. The van der Waals surface area contributed by atoms with Crippen LogP contribution < -0.4 is 10.0 Å². The average Bonchev–Trinajstić information content (AvgIpc) is 3.26. The molecular weight excluding hydrogens is 475 g/mol. The van der Waals surface area contributed by atoms with Gasteiger partial charge in [-0.05, 0) is 67.0 Å². The zero-order valence-electron chi connectivity index (χ0n) is 18.3. The maximum atomic E-state index is 14.1. The van der Waals surface area contributed by atoms with Gasteiger partial charge in [0, 0.05) is 11.4 Å². The number of halogens is 1. The lowest BCUT2D eigenvalue weighted by Gasteiger charge is -2.18. The molecule has 0 saturated carbocycles. The van der Waals surface area contributed by atoms with E-state index in [2.05, 4.69) is 15.0 Å². The molecule has 0 aliphatic heterocycles. The van der Waals surface area contributed by atoms with Crippen molar-refractivity contribution in [3.63, 3.8) is 0 Å². The average molecular weight is 499 g/mol. The van der Waals surface area contributed by atoms with Gasteiger partial charge in [0.25, 0.3) is 0 Å². The fourth-order valence-electron chi connectivity index (χ4n) is 3.49. The summed E-state index contributed by atoms with van der Waals surface area (Å²) in [6.45, 7) is 0. The number of thioether (sulfide) groups is 1. The van der Waals surface area contributed by atoms with E-state index >= 15 is 0 Å². The number of benzene rings is 3. The van der Waals surface area contributed by atoms with Gasteiger partial charge in [-0.25, -0.2) is 17.8 Å². The molecule has 1 heterocycles. The van der Waals surface area contributed by atoms with E-state index in [1.165, 1.54) is 30.0 Å². The van der Waals surface area contributed by atoms with E-state index in [1.807, 2.05) is 47.2 Å². The Morgan fingerprint density at radius 2 is 1.76 bits per heavy atom. The summed E-state index contributed by atoms with van der Waals surface area (Å²) in [5, 5.41) is 2.76. The number of rotatable bonds is 9. The van der Waals surface area contributed by atoms with E-state index in [-0.39, 0.29) is 6.42 Å². The molecule has 0 bridgehead atoms. The summed E-state index contributed by atoms with van der Waals surface area (Å²) < 4.78 is 43.8. The maximum absolute atomic E-state index is 14.1. The molecule has 4 aromatic rings. The van der Waals surface area contributed by atoms with E-state index in [1.54, 1.807) is 18.5 Å². The van der Waals surface area contributed by atoms with Crippen LogP contribution >= 0.6 is 11.8 Å². The third-order valence-electron chi connectivity index (χ3n) is 5.22. The Bertz CT molecular complexity index is 1410. The predicted octanol–water partition coefficient (Wildman–Crippen LogP) is 4.20. The molecule has 0 spiro atoms. The highest BCUT2D eigenvalue weighted by Gasteiger charge is 2.27. The fraction of sp³-hybridized carbons (Fsp3) is 0.167. The fourth-order valence-corrected chi connectivity index (χ4v) is 5.27. The van der Waals surface area contributed by atoms with Crippen molar-refractivity contribution in [1.29, 1.82) is 0 Å². The van der Waals surface area contributed by atoms with E-state index in [0.717, 1.165) is 22.8 Å². The van der Waals surface area contributed by atoms with Crippen molar-refractivity contribution >= 4 is 44.4 Å². The summed E-state index contributed by atoms with van der Waals surface area (Å²) in [5.41, 5.74) is 3.21. The van der Waals surface area contributed by atoms with E-state index in [9.17, 15) is 17.6 Å². The van der Waals surface area contributed by atoms with Crippen molar-refractivity contribution in [2.24, 2.45) is 0 Å². The minimum absolute atomic E-state index is 0.250. The molecule has 0 aliphatic carbocycles. The second kappa shape index (κ2) is 10.4. The van der Waals surface area contributed by atoms with Crippen molar-refractivity contribution in [2.45, 2.75) is 17.4 Å². The first-order chi connectivity index (χ1) is 16.4. The number of nitrogens with zero attached hydrogens (tertiary/aromatic N) is 2. The number of aromatic nitrogens is 2. The number of fused-ring (bicyclic) bond motifs is 1. The molecule has 2 N–H and O–H groups in total. The lowest BCUT2D eigenvalue weighted by molar-refractivity contribution is -0.117. The Balaban J connectivity index is 1.51. The highest BCUT2D eigenvalue weighted by atomic mass is 32.2. The Morgan fingerprint density at radius 1 is 1.06 bits per heavy atom. The normalized spacial score (nSPS) is 12.5. The van der Waals surface area contributed by atoms with Crippen LogP contribution in [0.25, 0.3) is 16.7 Å². The second-order valence-corrected chi connectivity index (χ2v) is 10.2. The van der Waals surface area contributed by atoms with Crippen LogP contribution in [0.3, 0.4) is 0 Å². The summed E-state index contributed by atoms with van der Waals surface area (Å²) in [6, 6.07) is 18.9. The van der Waals surface area contributed by atoms with Gasteiger partial charge in [-0.1, -0.05) is 24.3 Å². The van der Waals surface area contributed by atoms with E-state index in [4.69, 9.17) is 0 Å². The standard InChI is InChI=1S/C24H23FN4O3S2/c1-33-15-14-21(28-34(31,32)23-9-5-2-6-19(23)25)24(30)27-17-10-12-18(13-11-17)29-16-26-20-7-3-4-8-22(20)29/h2-13,16,21,28H,14-15H2,1H3,(H,27,30)/t21-/m0/s1. The minimum Gasteiger partial charge on any atom is -0.325 e. The van der Waals surface area contributed by atoms with Gasteiger partial charge in [-0.15, -0.1) is 0 Å². The van der Waals surface area contributed by atoms with Crippen LogP contribution in [0.5, 0.6) is 0 Å². The molecule has 4 rings (SSSR count). The number of sulfonamides is 1. The molecular formula is C24H23FN4O3S2. The SMILES string of the molecule is CSCC[C@H](NS(=O)(=O)c1ccccc1F)C(=O)Nc1ccc(-n2cnc3ccccc32)cc1. The molecule has 3 aromatic carbocycles. The van der Waals surface area contributed by atoms with Gasteiger partial charge < -0.3 is 5.32 Å². The molecule has 0 radical (unpaired) electrons. The number of amides is 1. The molecule has 34 heavy (non-hydrogen) atoms. The Labute approximate surface area is 201 Å². The highest BCUT2D eigenvalue weighted by Crippen LogP contribution is 2.20. The quantitative estimate of drug-likeness (QED) is 0.361. The number of carbonyl (C=O) groups excluding carboxylic acids is 1. The van der Waals surface area contributed by atoms with Crippen molar-refractivity contribution in [2.75, 3.05) is 17.3 Å². The molecule has 1 aromatic heterocycles. The number of hydrogen-bond donors (Lipinski definition) is 2. The van der Waals surface area contributed by atoms with Crippen molar-refractivity contribution in [1.82, 2.24) is 14.3 Å². The lowest BCUT2D eigenvalue weighted by Crippen LogP contribution is -2.44. The zero-order valence-corrected chi connectivity index (χ0v) is 19.9. The van der Waals surface area contributed by atoms with E-state index in [0.29, 0.717) is 11.4 Å². The van der Waals surface area contributed by atoms with Gasteiger partial charge in [0.05, 0.1) is 11.0 Å². The number of nitrogens with one attached hydrogen (secondary N) is 2. The summed E-state index contributed by atoms with van der Waals surface area (Å²) in [4.78, 5) is 16.8. The summed E-state index contributed by atoms with van der Waals surface area (Å²) in [7, 11) is -4.22. The van der Waals surface area contributed by atoms with Gasteiger partial charge in [0.2, 0.25) is 15.9 Å². The maximum Gasteiger partial charge on any atom is 0.244 e. The highest BCUT2D eigenvalue weighted by molar-refractivity contribution is 7.98. The number of carbonyl (C=O) groups is 1. The van der Waals surface area contributed by atoms with Crippen LogP contribution in [0.15, 0.2) is 84.0 Å². The first kappa shape index (κ1) is 23.9. The molecule has 0 fully saturated rings. The smallest absolute Gasteiger partial charge is 0.244 e. The first-order valence-electron chi connectivity index (χ1n) is 10.5. The molecule has 7 nitrogen and oxygen atoms in total. The van der Waals surface area contributed by atoms with Crippen LogP contribution in [0, 0.1) is 5.82 Å².